The minimum Gasteiger partial charge on any atom is -0.351 e. The van der Waals surface area contributed by atoms with E-state index in [1.54, 1.807) is 12.4 Å². The predicted octanol–water partition coefficient (Wildman–Crippen LogP) is 0.906. The maximum atomic E-state index is 11.3. The number of nitrogens with two attached hydrogens (primary N) is 1. The van der Waals surface area contributed by atoms with Gasteiger partial charge in [-0.25, -0.2) is 9.78 Å². The van der Waals surface area contributed by atoms with Crippen LogP contribution in [0, 0.1) is 0 Å². The van der Waals surface area contributed by atoms with E-state index in [1.807, 2.05) is 12.1 Å². The Balaban J connectivity index is 2.59. The number of hydrogen-bond acceptors (Lipinski definition) is 4. The van der Waals surface area contributed by atoms with Crippen LogP contribution in [0.4, 0.5) is 4.79 Å². The van der Waals surface area contributed by atoms with Crippen LogP contribution in [-0.2, 0) is 0 Å². The van der Waals surface area contributed by atoms with Gasteiger partial charge in [0.2, 0.25) is 0 Å². The molecule has 0 aliphatic heterocycles. The molecule has 0 aliphatic carbocycles. The Labute approximate surface area is 89.7 Å². The standard InChI is InChI=1S/C10H7N5O/c11-10(16)15-5-12-3-6-1-2-8-7(9(6)15)4-13-14-8/h1-5H,(H2,11,16). The Morgan fingerprint density at radius 3 is 3.00 bits per heavy atom. The molecule has 6 nitrogen and oxygen atoms in total. The van der Waals surface area contributed by atoms with Crippen LogP contribution in [0.5, 0.6) is 0 Å². The van der Waals surface area contributed by atoms with Crippen LogP contribution in [0.3, 0.4) is 0 Å². The number of nitrogens with zero attached hydrogens (tertiary/aromatic N) is 4. The van der Waals surface area contributed by atoms with E-state index in [1.165, 1.54) is 10.9 Å². The fourth-order valence-electron chi connectivity index (χ4n) is 1.76. The summed E-state index contributed by atoms with van der Waals surface area (Å²) in [5, 5.41) is 9.36. The van der Waals surface area contributed by atoms with Crippen LogP contribution in [0.15, 0.2) is 30.9 Å². The molecular weight excluding hydrogens is 206 g/mol. The molecule has 2 N–H and O–H groups in total. The highest BCUT2D eigenvalue weighted by Gasteiger charge is 2.09. The number of fused-ring (bicyclic) bond motifs is 3. The van der Waals surface area contributed by atoms with Crippen molar-refractivity contribution in [1.29, 1.82) is 0 Å². The first kappa shape index (κ1) is 8.78. The van der Waals surface area contributed by atoms with Crippen LogP contribution < -0.4 is 5.73 Å². The van der Waals surface area contributed by atoms with Crippen molar-refractivity contribution < 1.29 is 4.79 Å². The molecule has 0 unspecified atom stereocenters. The third kappa shape index (κ3) is 1.07. The molecule has 3 rings (SSSR count). The molecule has 0 radical (unpaired) electrons. The molecule has 0 atom stereocenters. The van der Waals surface area contributed by atoms with Crippen molar-refractivity contribution in [3.05, 3.63) is 30.9 Å². The maximum absolute atomic E-state index is 11.3. The number of benzene rings is 1. The predicted molar refractivity (Wildman–Crippen MR) is 57.8 cm³/mol. The summed E-state index contributed by atoms with van der Waals surface area (Å²) in [6, 6.07) is 3.09. The van der Waals surface area contributed by atoms with Crippen molar-refractivity contribution in [2.75, 3.05) is 0 Å². The van der Waals surface area contributed by atoms with Crippen molar-refractivity contribution in [2.45, 2.75) is 0 Å². The molecule has 78 valence electrons. The number of carbonyl (C=O) groups excluding carboxylic acids is 1. The highest BCUT2D eigenvalue weighted by atomic mass is 16.2. The number of aromatic nitrogens is 4. The average Bonchev–Trinajstić information content (AvgIpc) is 2.76. The van der Waals surface area contributed by atoms with Gasteiger partial charge in [0.15, 0.2) is 0 Å². The van der Waals surface area contributed by atoms with Crippen molar-refractivity contribution >= 4 is 27.8 Å². The van der Waals surface area contributed by atoms with Crippen LogP contribution in [-0.4, -0.2) is 25.8 Å². The highest BCUT2D eigenvalue weighted by Crippen LogP contribution is 2.22. The van der Waals surface area contributed by atoms with Gasteiger partial charge in [0.25, 0.3) is 0 Å². The number of primary amides is 1. The molecule has 0 spiro atoms. The summed E-state index contributed by atoms with van der Waals surface area (Å²) >= 11 is 0. The first-order valence-corrected chi connectivity index (χ1v) is 4.63. The van der Waals surface area contributed by atoms with Gasteiger partial charge in [-0.05, 0) is 12.1 Å². The quantitative estimate of drug-likeness (QED) is 0.601. The second kappa shape index (κ2) is 2.99. The minimum absolute atomic E-state index is 0.577. The second-order valence-corrected chi connectivity index (χ2v) is 3.38. The first-order valence-electron chi connectivity index (χ1n) is 4.63. The van der Waals surface area contributed by atoms with E-state index in [4.69, 9.17) is 5.73 Å². The minimum atomic E-state index is -0.577. The van der Waals surface area contributed by atoms with Gasteiger partial charge in [-0.2, -0.15) is 10.2 Å². The molecule has 6 heteroatoms. The summed E-state index contributed by atoms with van der Waals surface area (Å²) in [4.78, 5) is 15.2. The fourth-order valence-corrected chi connectivity index (χ4v) is 1.76. The summed E-state index contributed by atoms with van der Waals surface area (Å²) < 4.78 is 1.29. The van der Waals surface area contributed by atoms with E-state index in [0.717, 1.165) is 16.3 Å². The summed E-state index contributed by atoms with van der Waals surface area (Å²) in [7, 11) is 0. The largest absolute Gasteiger partial charge is 0.351 e. The van der Waals surface area contributed by atoms with E-state index >= 15 is 0 Å². The van der Waals surface area contributed by atoms with Crippen LogP contribution in [0.1, 0.15) is 0 Å². The molecule has 2 aromatic heterocycles. The Morgan fingerprint density at radius 1 is 1.31 bits per heavy atom. The molecule has 16 heavy (non-hydrogen) atoms. The van der Waals surface area contributed by atoms with E-state index in [0.29, 0.717) is 5.52 Å². The van der Waals surface area contributed by atoms with Crippen molar-refractivity contribution in [1.82, 2.24) is 19.7 Å². The zero-order chi connectivity index (χ0) is 11.1. The molecule has 0 fully saturated rings. The molecule has 1 aromatic carbocycles. The van der Waals surface area contributed by atoms with Gasteiger partial charge in [0, 0.05) is 17.0 Å². The van der Waals surface area contributed by atoms with E-state index < -0.39 is 6.03 Å². The van der Waals surface area contributed by atoms with Gasteiger partial charge in [0.1, 0.15) is 6.33 Å². The second-order valence-electron chi connectivity index (χ2n) is 3.38. The molecule has 0 saturated carbocycles. The molecular formula is C10H7N5O. The van der Waals surface area contributed by atoms with Crippen molar-refractivity contribution in [3.63, 3.8) is 0 Å². The number of rotatable bonds is 0. The van der Waals surface area contributed by atoms with Crippen LogP contribution in [0.25, 0.3) is 21.8 Å². The Bertz CT molecular complexity index is 703. The van der Waals surface area contributed by atoms with E-state index in [2.05, 4.69) is 15.2 Å². The van der Waals surface area contributed by atoms with Crippen molar-refractivity contribution in [2.24, 2.45) is 5.73 Å². The van der Waals surface area contributed by atoms with Gasteiger partial charge in [-0.15, -0.1) is 0 Å². The third-order valence-electron chi connectivity index (χ3n) is 2.45. The molecule has 1 amide bonds. The van der Waals surface area contributed by atoms with Crippen molar-refractivity contribution in [3.8, 4) is 0 Å². The Hall–Kier alpha value is -2.50. The monoisotopic (exact) mass is 213 g/mol. The first-order chi connectivity index (χ1) is 7.77. The Kier molecular flexibility index (Phi) is 1.64. The molecule has 0 bridgehead atoms. The lowest BCUT2D eigenvalue weighted by atomic mass is 10.2. The summed E-state index contributed by atoms with van der Waals surface area (Å²) in [5.41, 5.74) is 6.70. The molecule has 0 aliphatic rings. The van der Waals surface area contributed by atoms with Gasteiger partial charge in [0.05, 0.1) is 17.2 Å². The van der Waals surface area contributed by atoms with Gasteiger partial charge >= 0.3 is 6.03 Å². The number of amides is 1. The van der Waals surface area contributed by atoms with Gasteiger partial charge in [-0.1, -0.05) is 0 Å². The summed E-state index contributed by atoms with van der Waals surface area (Å²) in [5.74, 6) is 0. The normalized spacial score (nSPS) is 11.0. The molecule has 0 saturated heterocycles. The maximum Gasteiger partial charge on any atom is 0.324 e. The topological polar surface area (TPSA) is 86.7 Å². The lowest BCUT2D eigenvalue weighted by Crippen LogP contribution is -2.20. The van der Waals surface area contributed by atoms with Gasteiger partial charge < -0.3 is 5.73 Å². The highest BCUT2D eigenvalue weighted by molar-refractivity contribution is 6.06. The van der Waals surface area contributed by atoms with Gasteiger partial charge in [-0.3, -0.25) is 4.57 Å². The fraction of sp³-hybridized carbons (Fsp3) is 0. The zero-order valence-electron chi connectivity index (χ0n) is 8.16. The molecule has 2 heterocycles. The smallest absolute Gasteiger partial charge is 0.324 e. The van der Waals surface area contributed by atoms with Crippen LogP contribution >= 0.6 is 0 Å². The number of carbonyl (C=O) groups is 1. The van der Waals surface area contributed by atoms with E-state index in [9.17, 15) is 4.79 Å². The zero-order valence-corrected chi connectivity index (χ0v) is 8.16. The lowest BCUT2D eigenvalue weighted by molar-refractivity contribution is 0.251. The Morgan fingerprint density at radius 2 is 2.19 bits per heavy atom. The molecule has 3 aromatic rings. The summed E-state index contributed by atoms with van der Waals surface area (Å²) in [6.45, 7) is 0. The lowest BCUT2D eigenvalue weighted by Gasteiger charge is -2.06. The summed E-state index contributed by atoms with van der Waals surface area (Å²) in [6.07, 6.45) is 4.66. The SMILES string of the molecule is NC(=O)n1cncc2ccc3nncc3c21. The third-order valence-corrected chi connectivity index (χ3v) is 2.45. The van der Waals surface area contributed by atoms with Crippen LogP contribution in [0.2, 0.25) is 0 Å². The number of hydrogen-bond donors (Lipinski definition) is 1. The van der Waals surface area contributed by atoms with E-state index in [-0.39, 0.29) is 0 Å². The average molecular weight is 213 g/mol.